The molecule has 1 saturated heterocycles. The van der Waals surface area contributed by atoms with Crippen molar-refractivity contribution in [1.82, 2.24) is 9.78 Å². The molecule has 4 rings (SSSR count). The number of carbonyl (C=O) groups excluding carboxylic acids is 1. The number of phenolic OH excluding ortho intramolecular Hbond substituents is 1. The maximum absolute atomic E-state index is 12.2. The maximum Gasteiger partial charge on any atom is 0.235 e. The number of fused-ring (bicyclic) bond motifs is 1. The molecule has 2 aliphatic heterocycles. The fourth-order valence-corrected chi connectivity index (χ4v) is 6.43. The lowest BCUT2D eigenvalue weighted by Gasteiger charge is -2.16. The number of hydrogen-bond acceptors (Lipinski definition) is 6. The van der Waals surface area contributed by atoms with Crippen molar-refractivity contribution >= 4 is 33.3 Å². The monoisotopic (exact) mass is 393 g/mol. The number of carbonyl (C=O) groups is 1. The van der Waals surface area contributed by atoms with Crippen LogP contribution in [0.3, 0.4) is 0 Å². The van der Waals surface area contributed by atoms with Crippen LogP contribution < -0.4 is 5.32 Å². The smallest absolute Gasteiger partial charge is 0.235 e. The summed E-state index contributed by atoms with van der Waals surface area (Å²) < 4.78 is 25.5. The molecule has 0 radical (unpaired) electrons. The van der Waals surface area contributed by atoms with Crippen LogP contribution in [-0.4, -0.2) is 46.5 Å². The number of rotatable bonds is 2. The number of sulfone groups is 1. The summed E-state index contributed by atoms with van der Waals surface area (Å²) in [5, 5.41) is 16.9. The second-order valence-corrected chi connectivity index (χ2v) is 10.0. The molecular formula is C17H19N3O4S2. The van der Waals surface area contributed by atoms with Crippen LogP contribution in [0.5, 0.6) is 5.75 Å². The summed E-state index contributed by atoms with van der Waals surface area (Å²) in [6.07, 6.45) is 0.503. The lowest BCUT2D eigenvalue weighted by molar-refractivity contribution is -0.113. The molecule has 0 bridgehead atoms. The summed E-state index contributed by atoms with van der Waals surface area (Å²) in [5.41, 5.74) is 2.64. The van der Waals surface area contributed by atoms with Crippen molar-refractivity contribution in [2.24, 2.45) is 0 Å². The Balaban J connectivity index is 1.81. The van der Waals surface area contributed by atoms with Crippen LogP contribution in [0.4, 0.5) is 5.82 Å². The van der Waals surface area contributed by atoms with Gasteiger partial charge in [0.2, 0.25) is 5.91 Å². The van der Waals surface area contributed by atoms with Crippen LogP contribution in [-0.2, 0) is 14.6 Å². The van der Waals surface area contributed by atoms with E-state index in [4.69, 9.17) is 0 Å². The number of amides is 1. The first kappa shape index (κ1) is 17.4. The molecule has 0 spiro atoms. The van der Waals surface area contributed by atoms with Crippen LogP contribution in [0.15, 0.2) is 24.3 Å². The highest BCUT2D eigenvalue weighted by molar-refractivity contribution is 8.00. The van der Waals surface area contributed by atoms with Gasteiger partial charge in [-0.15, -0.1) is 11.8 Å². The average Bonchev–Trinajstić information content (AvgIpc) is 3.03. The van der Waals surface area contributed by atoms with Crippen molar-refractivity contribution in [1.29, 1.82) is 0 Å². The molecule has 7 nitrogen and oxygen atoms in total. The summed E-state index contributed by atoms with van der Waals surface area (Å²) >= 11 is 1.50. The third-order valence-corrected chi connectivity index (χ3v) is 7.80. The lowest BCUT2D eigenvalue weighted by Crippen LogP contribution is -2.20. The van der Waals surface area contributed by atoms with Crippen molar-refractivity contribution in [3.05, 3.63) is 41.1 Å². The molecular weight excluding hydrogens is 374 g/mol. The van der Waals surface area contributed by atoms with E-state index < -0.39 is 9.84 Å². The first-order chi connectivity index (χ1) is 12.3. The standard InChI is InChI=1S/C17H19N3O4S2/c1-10-15-16(11-2-4-13(21)5-3-11)25-8-14(22)18-17(15)20(19-10)12-6-7-26(23,24)9-12/h2-5,12,16,21H,6-9H2,1H3,(H,18,22). The molecule has 2 aliphatic rings. The number of nitrogens with one attached hydrogen (secondary N) is 1. The van der Waals surface area contributed by atoms with E-state index in [0.717, 1.165) is 16.8 Å². The molecule has 26 heavy (non-hydrogen) atoms. The number of phenols is 1. The number of benzene rings is 1. The Kier molecular flexibility index (Phi) is 4.23. The Morgan fingerprint density at radius 3 is 2.69 bits per heavy atom. The number of thioether (sulfide) groups is 1. The van der Waals surface area contributed by atoms with Gasteiger partial charge in [0, 0.05) is 5.56 Å². The van der Waals surface area contributed by atoms with E-state index in [1.54, 1.807) is 16.8 Å². The normalized spacial score (nSPS) is 24.7. The molecule has 2 atom stereocenters. The highest BCUT2D eigenvalue weighted by atomic mass is 32.2. The van der Waals surface area contributed by atoms with Crippen molar-refractivity contribution in [3.8, 4) is 5.75 Å². The van der Waals surface area contributed by atoms with E-state index >= 15 is 0 Å². The minimum atomic E-state index is -3.06. The van der Waals surface area contributed by atoms with Gasteiger partial charge in [-0.2, -0.15) is 5.10 Å². The molecule has 2 aromatic rings. The molecule has 0 saturated carbocycles. The van der Waals surface area contributed by atoms with E-state index in [1.165, 1.54) is 11.8 Å². The molecule has 2 N–H and O–H groups in total. The Morgan fingerprint density at radius 1 is 1.31 bits per heavy atom. The van der Waals surface area contributed by atoms with Crippen LogP contribution in [0, 0.1) is 6.92 Å². The average molecular weight is 393 g/mol. The van der Waals surface area contributed by atoms with Gasteiger partial charge in [-0.25, -0.2) is 13.1 Å². The number of aromatic hydroxyl groups is 1. The number of anilines is 1. The number of nitrogens with zero attached hydrogens (tertiary/aromatic N) is 2. The Labute approximate surface area is 155 Å². The van der Waals surface area contributed by atoms with E-state index in [-0.39, 0.29) is 34.5 Å². The van der Waals surface area contributed by atoms with Crippen LogP contribution in [0.2, 0.25) is 0 Å². The zero-order chi connectivity index (χ0) is 18.5. The SMILES string of the molecule is Cc1nn(C2CCS(=O)(=O)C2)c2c1C(c1ccc(O)cc1)SCC(=O)N2. The van der Waals surface area contributed by atoms with Crippen molar-refractivity contribution < 1.29 is 18.3 Å². The molecule has 9 heteroatoms. The van der Waals surface area contributed by atoms with Gasteiger partial charge in [0.25, 0.3) is 0 Å². The van der Waals surface area contributed by atoms with Crippen molar-refractivity contribution in [3.63, 3.8) is 0 Å². The number of hydrogen-bond donors (Lipinski definition) is 2. The van der Waals surface area contributed by atoms with Crippen molar-refractivity contribution in [2.45, 2.75) is 24.6 Å². The lowest BCUT2D eigenvalue weighted by atomic mass is 10.0. The Bertz CT molecular complexity index is 967. The molecule has 1 amide bonds. The fourth-order valence-electron chi connectivity index (χ4n) is 3.55. The molecule has 0 aliphatic carbocycles. The Hall–Kier alpha value is -2.00. The highest BCUT2D eigenvalue weighted by Crippen LogP contribution is 2.44. The second-order valence-electron chi connectivity index (χ2n) is 6.68. The van der Waals surface area contributed by atoms with E-state index in [9.17, 15) is 18.3 Å². The van der Waals surface area contributed by atoms with E-state index in [1.807, 2.05) is 19.1 Å². The first-order valence-corrected chi connectivity index (χ1v) is 11.2. The van der Waals surface area contributed by atoms with Gasteiger partial charge in [0.1, 0.15) is 11.6 Å². The zero-order valence-corrected chi connectivity index (χ0v) is 15.8. The topological polar surface area (TPSA) is 101 Å². The van der Waals surface area contributed by atoms with E-state index in [0.29, 0.717) is 18.0 Å². The molecule has 1 fully saturated rings. The highest BCUT2D eigenvalue weighted by Gasteiger charge is 2.36. The van der Waals surface area contributed by atoms with Crippen LogP contribution in [0.25, 0.3) is 0 Å². The van der Waals surface area contributed by atoms with Gasteiger partial charge in [-0.1, -0.05) is 12.1 Å². The predicted molar refractivity (Wildman–Crippen MR) is 100 cm³/mol. The van der Waals surface area contributed by atoms with Crippen LogP contribution >= 0.6 is 11.8 Å². The van der Waals surface area contributed by atoms with Gasteiger partial charge in [0.15, 0.2) is 9.84 Å². The minimum Gasteiger partial charge on any atom is -0.508 e. The third kappa shape index (κ3) is 3.09. The summed E-state index contributed by atoms with van der Waals surface area (Å²) in [5.74, 6) is 1.15. The van der Waals surface area contributed by atoms with Gasteiger partial charge < -0.3 is 10.4 Å². The first-order valence-electron chi connectivity index (χ1n) is 8.34. The summed E-state index contributed by atoms with van der Waals surface area (Å²) in [6, 6.07) is 6.66. The third-order valence-electron chi connectivity index (χ3n) is 4.78. The molecule has 1 aromatic carbocycles. The van der Waals surface area contributed by atoms with Gasteiger partial charge in [-0.3, -0.25) is 4.79 Å². The summed E-state index contributed by atoms with van der Waals surface area (Å²) in [4.78, 5) is 12.2. The predicted octanol–water partition coefficient (Wildman–Crippen LogP) is 2.03. The molecule has 1 aromatic heterocycles. The molecule has 3 heterocycles. The molecule has 138 valence electrons. The van der Waals surface area contributed by atoms with Gasteiger partial charge in [0.05, 0.1) is 34.2 Å². The Morgan fingerprint density at radius 2 is 2.04 bits per heavy atom. The van der Waals surface area contributed by atoms with Crippen molar-refractivity contribution in [2.75, 3.05) is 22.6 Å². The fraction of sp³-hybridized carbons (Fsp3) is 0.412. The van der Waals surface area contributed by atoms with Gasteiger partial charge in [-0.05, 0) is 31.0 Å². The summed E-state index contributed by atoms with van der Waals surface area (Å²) in [6.45, 7) is 1.88. The largest absolute Gasteiger partial charge is 0.508 e. The number of aryl methyl sites for hydroxylation is 1. The second kappa shape index (κ2) is 6.31. The zero-order valence-electron chi connectivity index (χ0n) is 14.2. The quantitative estimate of drug-likeness (QED) is 0.810. The maximum atomic E-state index is 12.2. The van der Waals surface area contributed by atoms with Gasteiger partial charge >= 0.3 is 0 Å². The minimum absolute atomic E-state index is 0.0491. The molecule has 2 unspecified atom stereocenters. The van der Waals surface area contributed by atoms with Crippen LogP contribution in [0.1, 0.15) is 34.5 Å². The van der Waals surface area contributed by atoms with E-state index in [2.05, 4.69) is 10.4 Å². The summed E-state index contributed by atoms with van der Waals surface area (Å²) in [7, 11) is -3.06. The number of aromatic nitrogens is 2.